The van der Waals surface area contributed by atoms with E-state index in [1.165, 1.54) is 19.1 Å². The lowest BCUT2D eigenvalue weighted by atomic mass is 9.79. The van der Waals surface area contributed by atoms with Gasteiger partial charge in [0, 0.05) is 16.8 Å². The molecule has 2 aliphatic rings. The van der Waals surface area contributed by atoms with Crippen LogP contribution in [0.4, 0.5) is 0 Å². The van der Waals surface area contributed by atoms with Gasteiger partial charge in [-0.15, -0.1) is 0 Å². The molecule has 1 aromatic carbocycles. The number of hydrogen-bond acceptors (Lipinski definition) is 7. The molecule has 0 radical (unpaired) electrons. The molecule has 1 aliphatic heterocycles. The summed E-state index contributed by atoms with van der Waals surface area (Å²) in [5.74, 6) is -2.91. The molecule has 0 spiro atoms. The highest BCUT2D eigenvalue weighted by atomic mass is 16.6. The van der Waals surface area contributed by atoms with Gasteiger partial charge in [-0.1, -0.05) is 24.3 Å². The Kier molecular flexibility index (Phi) is 4.26. The Hall–Kier alpha value is -2.09. The maximum Gasteiger partial charge on any atom is 0.318 e. The second-order valence-electron chi connectivity index (χ2n) is 6.59. The van der Waals surface area contributed by atoms with Gasteiger partial charge in [0.1, 0.15) is 12.5 Å². The molecule has 7 heteroatoms. The third-order valence-electron chi connectivity index (χ3n) is 4.61. The first-order valence-corrected chi connectivity index (χ1v) is 8.17. The second kappa shape index (κ2) is 6.01. The zero-order chi connectivity index (χ0) is 18.4. The van der Waals surface area contributed by atoms with E-state index in [4.69, 9.17) is 9.47 Å². The maximum atomic E-state index is 12.8. The molecule has 0 bridgehead atoms. The Morgan fingerprint density at radius 3 is 2.64 bits per heavy atom. The summed E-state index contributed by atoms with van der Waals surface area (Å²) in [5.41, 5.74) is -4.06. The first-order valence-electron chi connectivity index (χ1n) is 8.17. The van der Waals surface area contributed by atoms with Gasteiger partial charge >= 0.3 is 5.97 Å². The monoisotopic (exact) mass is 347 g/mol. The van der Waals surface area contributed by atoms with Crippen molar-refractivity contribution in [3.8, 4) is 0 Å². The lowest BCUT2D eigenvalue weighted by molar-refractivity contribution is -0.166. The van der Waals surface area contributed by atoms with Gasteiger partial charge in [-0.2, -0.15) is 0 Å². The number of rotatable bonds is 5. The molecule has 1 heterocycles. The largest absolute Gasteiger partial charge is 0.463 e. The third kappa shape index (κ3) is 2.42. The number of ketones is 1. The van der Waals surface area contributed by atoms with Crippen LogP contribution >= 0.6 is 0 Å². The second-order valence-corrected chi connectivity index (χ2v) is 6.59. The Labute approximate surface area is 145 Å². The minimum atomic E-state index is -2.39. The van der Waals surface area contributed by atoms with Crippen molar-refractivity contribution in [2.24, 2.45) is 10.9 Å². The fraction of sp³-hybridized carbons (Fsp3) is 0.500. The lowest BCUT2D eigenvalue weighted by Gasteiger charge is -2.31. The Bertz CT molecular complexity index is 758. The Morgan fingerprint density at radius 1 is 1.28 bits per heavy atom. The van der Waals surface area contributed by atoms with Gasteiger partial charge in [0.05, 0.1) is 12.7 Å². The molecule has 0 aromatic heterocycles. The van der Waals surface area contributed by atoms with E-state index in [-0.39, 0.29) is 36.2 Å². The molecule has 0 saturated carbocycles. The highest BCUT2D eigenvalue weighted by molar-refractivity contribution is 6.18. The standard InChI is InChI=1S/C18H21NO6/c1-10(2)24-8-9-25-16(21)14-11(3)19-18(23)13-7-5-4-6-12(13)15(20)17(14,18)22/h4-7,10,14,22-23H,8-9H2,1-3H3/t14?,17-,18-/m1/s1. The van der Waals surface area contributed by atoms with Crippen molar-refractivity contribution < 1.29 is 29.3 Å². The van der Waals surface area contributed by atoms with Crippen LogP contribution in [0.3, 0.4) is 0 Å². The predicted molar refractivity (Wildman–Crippen MR) is 88.3 cm³/mol. The van der Waals surface area contributed by atoms with E-state index < -0.39 is 29.0 Å². The molecule has 25 heavy (non-hydrogen) atoms. The van der Waals surface area contributed by atoms with E-state index in [0.29, 0.717) is 0 Å². The average Bonchev–Trinajstić information content (AvgIpc) is 2.86. The van der Waals surface area contributed by atoms with Gasteiger partial charge in [0.25, 0.3) is 0 Å². The van der Waals surface area contributed by atoms with E-state index in [9.17, 15) is 19.8 Å². The van der Waals surface area contributed by atoms with E-state index >= 15 is 0 Å². The number of ether oxygens (including phenoxy) is 2. The molecular weight excluding hydrogens is 326 g/mol. The Morgan fingerprint density at radius 2 is 1.96 bits per heavy atom. The zero-order valence-corrected chi connectivity index (χ0v) is 14.4. The molecule has 1 unspecified atom stereocenters. The number of aliphatic hydroxyl groups is 2. The van der Waals surface area contributed by atoms with Crippen LogP contribution in [0.5, 0.6) is 0 Å². The predicted octanol–water partition coefficient (Wildman–Crippen LogP) is 0.818. The molecular formula is C18H21NO6. The summed E-state index contributed by atoms with van der Waals surface area (Å²) in [6, 6.07) is 6.27. The van der Waals surface area contributed by atoms with Crippen molar-refractivity contribution in [3.63, 3.8) is 0 Å². The summed E-state index contributed by atoms with van der Waals surface area (Å²) in [6.07, 6.45) is -0.00587. The first kappa shape index (κ1) is 17.7. The van der Waals surface area contributed by atoms with Crippen molar-refractivity contribution in [1.82, 2.24) is 0 Å². The van der Waals surface area contributed by atoms with Crippen LogP contribution in [-0.4, -0.2) is 52.6 Å². The summed E-state index contributed by atoms with van der Waals surface area (Å²) in [5, 5.41) is 22.0. The minimum absolute atomic E-state index is 0.00587. The van der Waals surface area contributed by atoms with Crippen molar-refractivity contribution in [3.05, 3.63) is 35.4 Å². The molecule has 3 rings (SSSR count). The summed E-state index contributed by atoms with van der Waals surface area (Å²) in [7, 11) is 0. The lowest BCUT2D eigenvalue weighted by Crippen LogP contribution is -2.56. The SMILES string of the molecule is CC1=N[C@@]2(O)c3ccccc3C(=O)[C@]2(O)C1C(=O)OCCOC(C)C. The van der Waals surface area contributed by atoms with Crippen LogP contribution in [0.15, 0.2) is 29.3 Å². The van der Waals surface area contributed by atoms with Crippen LogP contribution in [0.1, 0.15) is 36.7 Å². The number of nitrogens with zero attached hydrogens (tertiary/aromatic N) is 1. The van der Waals surface area contributed by atoms with Gasteiger partial charge in [0.2, 0.25) is 11.5 Å². The quantitative estimate of drug-likeness (QED) is 0.603. The normalized spacial score (nSPS) is 30.2. The molecule has 1 aromatic rings. The van der Waals surface area contributed by atoms with Gasteiger partial charge in [-0.3, -0.25) is 14.6 Å². The maximum absolute atomic E-state index is 12.8. The number of carbonyl (C=O) groups is 2. The first-order chi connectivity index (χ1) is 11.7. The van der Waals surface area contributed by atoms with E-state index in [0.717, 1.165) is 0 Å². The van der Waals surface area contributed by atoms with Gasteiger partial charge in [-0.25, -0.2) is 0 Å². The van der Waals surface area contributed by atoms with Gasteiger partial charge in [0.15, 0.2) is 5.60 Å². The van der Waals surface area contributed by atoms with Crippen molar-refractivity contribution in [2.45, 2.75) is 38.2 Å². The third-order valence-corrected chi connectivity index (χ3v) is 4.61. The number of fused-ring (bicyclic) bond motifs is 3. The molecule has 0 saturated heterocycles. The molecule has 3 atom stereocenters. The van der Waals surface area contributed by atoms with E-state index in [2.05, 4.69) is 4.99 Å². The molecule has 0 amide bonds. The topological polar surface area (TPSA) is 105 Å². The summed E-state index contributed by atoms with van der Waals surface area (Å²) >= 11 is 0. The summed E-state index contributed by atoms with van der Waals surface area (Å²) in [6.45, 7) is 5.38. The highest BCUT2D eigenvalue weighted by Gasteiger charge is 2.72. The average molecular weight is 347 g/mol. The molecule has 7 nitrogen and oxygen atoms in total. The zero-order valence-electron chi connectivity index (χ0n) is 14.4. The summed E-state index contributed by atoms with van der Waals surface area (Å²) < 4.78 is 10.4. The number of Topliss-reactive ketones (excluding diaryl/α,β-unsaturated/α-hetero) is 1. The minimum Gasteiger partial charge on any atom is -0.463 e. The van der Waals surface area contributed by atoms with Crippen molar-refractivity contribution >= 4 is 17.5 Å². The molecule has 2 N–H and O–H groups in total. The van der Waals surface area contributed by atoms with Crippen LogP contribution < -0.4 is 0 Å². The van der Waals surface area contributed by atoms with Crippen LogP contribution in [0, 0.1) is 5.92 Å². The highest BCUT2D eigenvalue weighted by Crippen LogP contribution is 2.53. The smallest absolute Gasteiger partial charge is 0.318 e. The summed E-state index contributed by atoms with van der Waals surface area (Å²) in [4.78, 5) is 29.3. The van der Waals surface area contributed by atoms with Gasteiger partial charge in [-0.05, 0) is 20.8 Å². The Balaban J connectivity index is 1.88. The van der Waals surface area contributed by atoms with E-state index in [1.807, 2.05) is 13.8 Å². The number of benzene rings is 1. The van der Waals surface area contributed by atoms with Crippen LogP contribution in [-0.2, 0) is 20.0 Å². The van der Waals surface area contributed by atoms with Crippen LogP contribution in [0.25, 0.3) is 0 Å². The fourth-order valence-corrected chi connectivity index (χ4v) is 3.50. The molecule has 0 fully saturated rings. The number of carbonyl (C=O) groups excluding carboxylic acids is 2. The number of aliphatic imine (C=N–C) groups is 1. The van der Waals surface area contributed by atoms with Crippen molar-refractivity contribution in [1.29, 1.82) is 0 Å². The van der Waals surface area contributed by atoms with Crippen molar-refractivity contribution in [2.75, 3.05) is 13.2 Å². The van der Waals surface area contributed by atoms with E-state index in [1.54, 1.807) is 12.1 Å². The number of hydrogen-bond donors (Lipinski definition) is 2. The molecule has 134 valence electrons. The van der Waals surface area contributed by atoms with Crippen LogP contribution in [0.2, 0.25) is 0 Å². The number of esters is 1. The molecule has 1 aliphatic carbocycles. The fourth-order valence-electron chi connectivity index (χ4n) is 3.50. The van der Waals surface area contributed by atoms with Gasteiger partial charge < -0.3 is 19.7 Å².